The molecule has 418 valence electrons. The zero-order chi connectivity index (χ0) is 55.9. The second-order valence-corrected chi connectivity index (χ2v) is 16.6. The highest BCUT2D eigenvalue weighted by molar-refractivity contribution is 6.02. The van der Waals surface area contributed by atoms with Gasteiger partial charge >= 0.3 is 11.7 Å². The molecule has 75 heavy (non-hydrogen) atoms. The Labute approximate surface area is 433 Å². The summed E-state index contributed by atoms with van der Waals surface area (Å²) in [6.45, 7) is 2.17. The van der Waals surface area contributed by atoms with Crippen LogP contribution in [0.1, 0.15) is 101 Å². The number of phenols is 1. The van der Waals surface area contributed by atoms with Crippen molar-refractivity contribution in [3.05, 3.63) is 63.7 Å². The molecule has 2 aromatic rings. The Balaban J connectivity index is 0.0000105. The van der Waals surface area contributed by atoms with Gasteiger partial charge in [0, 0.05) is 38.2 Å². The number of guanidine groups is 2. The maximum atomic E-state index is 14.2. The SMILES string of the molecule is C.CC(=O)O.CCCC[C@H](NC(=O)c1ccccc1N)C(=O)N[C@@H](CCCCN)C(=O)N[C@@H](CCCN=C(N)N)C(=O)N[C@@H](CCCN=C(N)N)C(=O)N[C@@H](CO)C(=O)N[C@@H](Cc1ccc(O)c([N+](=O)[O-])c1)C(=O)O. The van der Waals surface area contributed by atoms with Crippen molar-refractivity contribution in [2.75, 3.05) is 32.0 Å². The molecule has 2 rings (SSSR count). The van der Waals surface area contributed by atoms with E-state index >= 15 is 0 Å². The van der Waals surface area contributed by atoms with Gasteiger partial charge in [0.1, 0.15) is 36.3 Å². The van der Waals surface area contributed by atoms with Gasteiger partial charge in [0.25, 0.3) is 11.9 Å². The molecule has 0 aliphatic heterocycles. The summed E-state index contributed by atoms with van der Waals surface area (Å²) in [6.07, 6.45) is 1.70. The first kappa shape index (κ1) is 66.7. The molecule has 29 nitrogen and oxygen atoms in total. The fourth-order valence-corrected chi connectivity index (χ4v) is 6.76. The minimum Gasteiger partial charge on any atom is -0.502 e. The molecule has 0 radical (unpaired) electrons. The summed E-state index contributed by atoms with van der Waals surface area (Å²) in [7, 11) is 0. The molecule has 0 saturated heterocycles. The number of carboxylic acid groups (broad SMARTS) is 2. The number of unbranched alkanes of at least 4 members (excludes halogenated alkanes) is 2. The highest BCUT2D eigenvalue weighted by atomic mass is 16.6. The van der Waals surface area contributed by atoms with Gasteiger partial charge in [-0.25, -0.2) is 4.79 Å². The summed E-state index contributed by atoms with van der Waals surface area (Å²) < 4.78 is 0. The number of carbonyl (C=O) groups excluding carboxylic acids is 6. The summed E-state index contributed by atoms with van der Waals surface area (Å²) in [5, 5.41) is 63.6. The molecule has 0 aromatic heterocycles. The van der Waals surface area contributed by atoms with E-state index in [0.29, 0.717) is 25.7 Å². The maximum absolute atomic E-state index is 14.2. The number of aromatic hydroxyl groups is 1. The van der Waals surface area contributed by atoms with Crippen molar-refractivity contribution in [1.82, 2.24) is 31.9 Å². The first-order valence-electron chi connectivity index (χ1n) is 23.4. The average molecular weight is 1060 g/mol. The van der Waals surface area contributed by atoms with Gasteiger partial charge in [-0.2, -0.15) is 0 Å². The minimum atomic E-state index is -1.80. The lowest BCUT2D eigenvalue weighted by Gasteiger charge is -2.27. The third-order valence-electron chi connectivity index (χ3n) is 10.5. The van der Waals surface area contributed by atoms with E-state index in [1.54, 1.807) is 12.1 Å². The fourth-order valence-electron chi connectivity index (χ4n) is 6.76. The summed E-state index contributed by atoms with van der Waals surface area (Å²) in [6, 6.07) is 0.601. The molecule has 0 aliphatic rings. The highest BCUT2D eigenvalue weighted by Crippen LogP contribution is 2.27. The van der Waals surface area contributed by atoms with E-state index in [0.717, 1.165) is 19.1 Å². The van der Waals surface area contributed by atoms with E-state index in [9.17, 15) is 59.0 Å². The number of nitrogens with two attached hydrogens (primary N) is 6. The van der Waals surface area contributed by atoms with Crippen LogP contribution in [0.2, 0.25) is 0 Å². The van der Waals surface area contributed by atoms with Crippen LogP contribution in [0.5, 0.6) is 5.75 Å². The number of carboxylic acids is 2. The van der Waals surface area contributed by atoms with Crippen LogP contribution in [-0.2, 0) is 40.0 Å². The predicted molar refractivity (Wildman–Crippen MR) is 277 cm³/mol. The first-order valence-corrected chi connectivity index (χ1v) is 23.4. The number of rotatable bonds is 32. The second kappa shape index (κ2) is 35.7. The van der Waals surface area contributed by atoms with Gasteiger partial charge in [0.05, 0.1) is 17.1 Å². The molecule has 0 unspecified atom stereocenters. The van der Waals surface area contributed by atoms with Gasteiger partial charge in [0.15, 0.2) is 17.7 Å². The number of aliphatic hydroxyl groups is 1. The number of aliphatic carboxylic acids is 2. The van der Waals surface area contributed by atoms with Crippen LogP contribution >= 0.6 is 0 Å². The van der Waals surface area contributed by atoms with Crippen LogP contribution in [0.4, 0.5) is 11.4 Å². The average Bonchev–Trinajstić information content (AvgIpc) is 3.33. The van der Waals surface area contributed by atoms with Crippen molar-refractivity contribution < 1.29 is 63.7 Å². The zero-order valence-corrected chi connectivity index (χ0v) is 41.3. The molecule has 0 saturated carbocycles. The predicted octanol–water partition coefficient (Wildman–Crippen LogP) is -2.12. The van der Waals surface area contributed by atoms with Crippen LogP contribution in [0.15, 0.2) is 52.4 Å². The number of benzene rings is 2. The highest BCUT2D eigenvalue weighted by Gasteiger charge is 2.33. The molecule has 6 atom stereocenters. The number of nitro groups is 1. The third kappa shape index (κ3) is 26.3. The van der Waals surface area contributed by atoms with E-state index in [1.165, 1.54) is 18.2 Å². The smallest absolute Gasteiger partial charge is 0.326 e. The van der Waals surface area contributed by atoms with Gasteiger partial charge in [-0.3, -0.25) is 53.7 Å². The summed E-state index contributed by atoms with van der Waals surface area (Å²) in [5.74, 6) is -8.84. The van der Waals surface area contributed by atoms with E-state index in [4.69, 9.17) is 44.3 Å². The number of para-hydroxylation sites is 1. The summed E-state index contributed by atoms with van der Waals surface area (Å²) in [4.78, 5) is 122. The molecule has 29 heteroatoms. The topological polar surface area (TPSA) is 514 Å². The van der Waals surface area contributed by atoms with Crippen molar-refractivity contribution in [2.45, 2.75) is 128 Å². The number of anilines is 1. The Kier molecular flexibility index (Phi) is 31.8. The largest absolute Gasteiger partial charge is 0.502 e. The molecule has 0 heterocycles. The Morgan fingerprint density at radius 3 is 1.51 bits per heavy atom. The van der Waals surface area contributed by atoms with E-state index in [-0.39, 0.29) is 94.3 Å². The van der Waals surface area contributed by atoms with Crippen LogP contribution in [0.3, 0.4) is 0 Å². The number of amides is 6. The lowest BCUT2D eigenvalue weighted by Crippen LogP contribution is -2.60. The first-order chi connectivity index (χ1) is 34.9. The van der Waals surface area contributed by atoms with Crippen molar-refractivity contribution in [2.24, 2.45) is 38.7 Å². The maximum Gasteiger partial charge on any atom is 0.326 e. The summed E-state index contributed by atoms with van der Waals surface area (Å²) in [5.41, 5.74) is 33.3. The molecule has 0 aliphatic carbocycles. The number of aliphatic hydroxyl groups excluding tert-OH is 1. The molecule has 22 N–H and O–H groups in total. The molecule has 0 fully saturated rings. The van der Waals surface area contributed by atoms with Crippen molar-refractivity contribution in [3.8, 4) is 5.75 Å². The Hall–Kier alpha value is -8.34. The van der Waals surface area contributed by atoms with Crippen LogP contribution < -0.4 is 66.3 Å². The summed E-state index contributed by atoms with van der Waals surface area (Å²) >= 11 is 0. The number of hydrogen-bond acceptors (Lipinski definition) is 16. The van der Waals surface area contributed by atoms with Crippen LogP contribution in [0.25, 0.3) is 0 Å². The monoisotopic (exact) mass is 1060 g/mol. The van der Waals surface area contributed by atoms with Crippen LogP contribution in [0, 0.1) is 10.1 Å². The number of aliphatic imine (C=N–C) groups is 2. The van der Waals surface area contributed by atoms with Crippen molar-refractivity contribution in [1.29, 1.82) is 0 Å². The number of hydrogen-bond donors (Lipinski definition) is 16. The number of nitrogen functional groups attached to an aromatic ring is 1. The van der Waals surface area contributed by atoms with Gasteiger partial charge in [-0.15, -0.1) is 0 Å². The lowest BCUT2D eigenvalue weighted by atomic mass is 10.0. The normalized spacial score (nSPS) is 12.8. The van der Waals surface area contributed by atoms with E-state index in [2.05, 4.69) is 41.9 Å². The molecular weight excluding hydrogens is 987 g/mol. The van der Waals surface area contributed by atoms with E-state index < -0.39 is 113 Å². The van der Waals surface area contributed by atoms with Gasteiger partial charge in [-0.1, -0.05) is 45.4 Å². The number of carbonyl (C=O) groups is 8. The molecule has 6 amide bonds. The Morgan fingerprint density at radius 2 is 1.08 bits per heavy atom. The van der Waals surface area contributed by atoms with Gasteiger partial charge in [-0.05, 0) is 81.7 Å². The third-order valence-corrected chi connectivity index (χ3v) is 10.5. The number of nitrogens with zero attached hydrogens (tertiary/aromatic N) is 3. The lowest BCUT2D eigenvalue weighted by molar-refractivity contribution is -0.385. The molecular formula is C46H75N15O14. The van der Waals surface area contributed by atoms with Gasteiger partial charge < -0.3 is 86.7 Å². The molecule has 0 spiro atoms. The van der Waals surface area contributed by atoms with Gasteiger partial charge in [0.2, 0.25) is 29.5 Å². The van der Waals surface area contributed by atoms with Crippen molar-refractivity contribution in [3.63, 3.8) is 0 Å². The zero-order valence-electron chi connectivity index (χ0n) is 41.3. The fraction of sp³-hybridized carbons (Fsp3) is 0.522. The number of phenolic OH excluding ortho intramolecular Hbond substituents is 1. The number of nitro benzene ring substituents is 1. The van der Waals surface area contributed by atoms with Crippen molar-refractivity contribution >= 4 is 70.7 Å². The Bertz CT molecular complexity index is 2270. The Morgan fingerprint density at radius 1 is 0.653 bits per heavy atom. The molecule has 2 aromatic carbocycles. The quantitative estimate of drug-likeness (QED) is 0.00930. The van der Waals surface area contributed by atoms with Crippen LogP contribution in [-0.4, -0.2) is 147 Å². The standard InChI is InChI=1S/C43H67N15O12.C2H4O2.CH4/c1-2-3-12-27(52-35(61)25-10-4-5-11-26(25)45)36(62)53-28(13-6-7-18-44)37(63)54-29(14-8-19-50-42(46)47)38(64)55-30(15-9-20-51-43(48)49)39(65)57-32(23-59)40(66)56-31(41(67)68)21-24-16-17-34(60)33(22-24)58(69)70;1-2(3)4;/h4-5,10-11,16-17,22,27-32,59-60H,2-3,6-9,12-15,18-21,23,44-45H2,1H3,(H,52,61)(H,53,62)(H,54,63)(H,55,64)(H,56,66)(H,57,65)(H,67,68)(H4,46,47,50)(H4,48,49,51);1H3,(H,3,4);1H4/t27-,28-,29-,30-,31-,32-;;/m0../s1. The molecule has 0 bridgehead atoms. The van der Waals surface area contributed by atoms with E-state index in [1.807, 2.05) is 6.92 Å². The number of nitrogens with one attached hydrogen (secondary N) is 6. The second-order valence-electron chi connectivity index (χ2n) is 16.6. The minimum absolute atomic E-state index is 0.